The Morgan fingerprint density at radius 2 is 2.05 bits per heavy atom. The van der Waals surface area contributed by atoms with E-state index in [1.54, 1.807) is 5.38 Å². The molecule has 2 fully saturated rings. The zero-order valence-electron chi connectivity index (χ0n) is 21.6. The highest BCUT2D eigenvalue weighted by atomic mass is 32.2. The molecule has 3 aliphatic rings. The van der Waals surface area contributed by atoms with Gasteiger partial charge < -0.3 is 25.5 Å². The average molecular weight is 552 g/mol. The van der Waals surface area contributed by atoms with Crippen molar-refractivity contribution in [1.29, 1.82) is 0 Å². The van der Waals surface area contributed by atoms with E-state index in [1.165, 1.54) is 55.9 Å². The summed E-state index contributed by atoms with van der Waals surface area (Å²) >= 11 is 2.61. The quantitative estimate of drug-likeness (QED) is 0.182. The number of nitrogens with zero attached hydrogens (tertiary/aromatic N) is 4. The number of rotatable bonds is 9. The summed E-state index contributed by atoms with van der Waals surface area (Å²) in [5, 5.41) is 17.9. The number of thioether (sulfide) groups is 1. The minimum absolute atomic E-state index is 0.0411. The van der Waals surface area contributed by atoms with Crippen LogP contribution in [0.15, 0.2) is 21.8 Å². The summed E-state index contributed by atoms with van der Waals surface area (Å²) in [6.45, 7) is 2.81. The number of hydrogen-bond acceptors (Lipinski definition) is 9. The highest BCUT2D eigenvalue weighted by molar-refractivity contribution is 8.00. The number of fused-ring (bicyclic) bond motifs is 1. The van der Waals surface area contributed by atoms with Crippen molar-refractivity contribution in [1.82, 2.24) is 15.2 Å². The van der Waals surface area contributed by atoms with Crippen LogP contribution in [0.2, 0.25) is 0 Å². The number of carbonyl (C=O) groups excluding carboxylic acids is 2. The van der Waals surface area contributed by atoms with Gasteiger partial charge in [0.05, 0.1) is 20.1 Å². The molecule has 1 saturated heterocycles. The van der Waals surface area contributed by atoms with Gasteiger partial charge in [-0.25, -0.2) is 9.78 Å². The highest BCUT2D eigenvalue weighted by Gasteiger charge is 2.55. The molecule has 1 aliphatic carbocycles. The Morgan fingerprint density at radius 1 is 1.35 bits per heavy atom. The lowest BCUT2D eigenvalue weighted by molar-refractivity contribution is -0.912. The third-order valence-electron chi connectivity index (χ3n) is 7.73. The first-order valence-corrected chi connectivity index (χ1v) is 14.3. The van der Waals surface area contributed by atoms with E-state index in [0.29, 0.717) is 28.7 Å². The van der Waals surface area contributed by atoms with Gasteiger partial charge in [0.25, 0.3) is 11.8 Å². The Bertz CT molecular complexity index is 1130. The van der Waals surface area contributed by atoms with E-state index in [2.05, 4.69) is 36.5 Å². The second-order valence-electron chi connectivity index (χ2n) is 10.4. The molecule has 4 N–H and O–H groups in total. The smallest absolute Gasteiger partial charge is 0.352 e. The Hall–Kier alpha value is -2.64. The zero-order valence-corrected chi connectivity index (χ0v) is 23.2. The van der Waals surface area contributed by atoms with Gasteiger partial charge in [0.1, 0.15) is 36.5 Å². The van der Waals surface area contributed by atoms with E-state index < -0.39 is 29.2 Å². The molecule has 1 aromatic rings. The van der Waals surface area contributed by atoms with E-state index in [9.17, 15) is 19.5 Å². The molecule has 2 amide bonds. The summed E-state index contributed by atoms with van der Waals surface area (Å²) in [6.07, 6.45) is 6.19. The molecule has 3 heterocycles. The molecule has 0 spiro atoms. The van der Waals surface area contributed by atoms with Crippen LogP contribution in [0.4, 0.5) is 5.13 Å². The number of β-lactam (4-membered cyclic amide) rings is 1. The van der Waals surface area contributed by atoms with Gasteiger partial charge in [-0.3, -0.25) is 14.5 Å². The third kappa shape index (κ3) is 5.48. The van der Waals surface area contributed by atoms with Gasteiger partial charge in [-0.2, -0.15) is 0 Å². The number of carboxylic acids is 1. The van der Waals surface area contributed by atoms with E-state index in [4.69, 9.17) is 10.6 Å². The Kier molecular flexibility index (Phi) is 8.14. The molecule has 13 heteroatoms. The number of likely N-dealkylation sites (N-methyl/N-ethyl adjacent to an activating group) is 1. The number of quaternary nitrogens is 1. The fraction of sp³-hybridized carbons (Fsp3) is 0.625. The number of nitrogens with one attached hydrogen (secondary N) is 1. The lowest BCUT2D eigenvalue weighted by Crippen LogP contribution is -2.71. The van der Waals surface area contributed by atoms with Crippen LogP contribution in [-0.4, -0.2) is 93.9 Å². The van der Waals surface area contributed by atoms with Gasteiger partial charge in [0.15, 0.2) is 10.8 Å². The lowest BCUT2D eigenvalue weighted by atomic mass is 9.83. The topological polar surface area (TPSA) is 147 Å². The Morgan fingerprint density at radius 3 is 2.65 bits per heavy atom. The van der Waals surface area contributed by atoms with Crippen molar-refractivity contribution in [2.24, 2.45) is 11.1 Å². The van der Waals surface area contributed by atoms with Crippen molar-refractivity contribution in [2.75, 3.05) is 39.2 Å². The maximum atomic E-state index is 13.2. The van der Waals surface area contributed by atoms with E-state index in [-0.39, 0.29) is 22.2 Å². The molecular formula is C24H35N6O5S2+. The minimum Gasteiger partial charge on any atom is -0.477 e. The lowest BCUT2D eigenvalue weighted by Gasteiger charge is -2.50. The first-order chi connectivity index (χ1) is 17.5. The van der Waals surface area contributed by atoms with E-state index in [0.717, 1.165) is 16.9 Å². The van der Waals surface area contributed by atoms with Crippen molar-refractivity contribution in [3.05, 3.63) is 22.3 Å². The third-order valence-corrected chi connectivity index (χ3v) is 9.75. The van der Waals surface area contributed by atoms with Crippen LogP contribution in [0.5, 0.6) is 0 Å². The molecule has 0 aromatic carbocycles. The summed E-state index contributed by atoms with van der Waals surface area (Å²) in [5.41, 5.74) is 6.60. The van der Waals surface area contributed by atoms with Crippen molar-refractivity contribution in [3.8, 4) is 0 Å². The van der Waals surface area contributed by atoms with Crippen molar-refractivity contribution >= 4 is 51.7 Å². The Balaban J connectivity index is 1.50. The first kappa shape index (κ1) is 27.4. The zero-order chi connectivity index (χ0) is 26.9. The van der Waals surface area contributed by atoms with Crippen molar-refractivity contribution < 1.29 is 28.8 Å². The van der Waals surface area contributed by atoms with Crippen LogP contribution in [0.1, 0.15) is 44.7 Å². The summed E-state index contributed by atoms with van der Waals surface area (Å²) in [4.78, 5) is 48.6. The number of carboxylic acid groups (broad SMARTS) is 1. The van der Waals surface area contributed by atoms with E-state index >= 15 is 0 Å². The predicted octanol–water partition coefficient (Wildman–Crippen LogP) is 1.86. The standard InChI is InChI=1S/C24H34N6O5S2/c1-13(14-8-6-5-7-9-14)30(2,3)10-15-11-36-22-18(21(32)29(22)19(15)23(33)34)27-20(31)17(28-35-4)16-12-37-24(25)26-16/h12-14,18,22H,5-11H2,1-4H3,(H3-,25,26,27,31,33,34)/p+1/t13-,18+,22?/m1/s1. The highest BCUT2D eigenvalue weighted by Crippen LogP contribution is 2.41. The van der Waals surface area contributed by atoms with Crippen LogP contribution < -0.4 is 11.1 Å². The monoisotopic (exact) mass is 551 g/mol. The maximum absolute atomic E-state index is 13.2. The van der Waals surface area contributed by atoms with E-state index in [1.807, 2.05) is 0 Å². The number of nitrogens with two attached hydrogens (primary N) is 1. The normalized spacial score (nSPS) is 23.8. The Labute approximate surface area is 224 Å². The maximum Gasteiger partial charge on any atom is 0.352 e. The molecule has 1 saturated carbocycles. The summed E-state index contributed by atoms with van der Waals surface area (Å²) in [7, 11) is 5.59. The summed E-state index contributed by atoms with van der Waals surface area (Å²) in [5.74, 6) is -1.13. The van der Waals surface area contributed by atoms with Gasteiger partial charge in [-0.15, -0.1) is 23.1 Å². The van der Waals surface area contributed by atoms with Crippen LogP contribution in [0.3, 0.4) is 0 Å². The molecule has 4 rings (SSSR count). The molecule has 3 atom stereocenters. The van der Waals surface area contributed by atoms with Gasteiger partial charge >= 0.3 is 5.97 Å². The molecule has 11 nitrogen and oxygen atoms in total. The molecule has 1 unspecified atom stereocenters. The van der Waals surface area contributed by atoms with Gasteiger partial charge in [-0.1, -0.05) is 24.4 Å². The molecule has 37 heavy (non-hydrogen) atoms. The summed E-state index contributed by atoms with van der Waals surface area (Å²) < 4.78 is 0.664. The van der Waals surface area contributed by atoms with Crippen LogP contribution in [-0.2, 0) is 19.2 Å². The van der Waals surface area contributed by atoms with Crippen LogP contribution >= 0.6 is 23.1 Å². The fourth-order valence-corrected chi connectivity index (χ4v) is 7.41. The van der Waals surface area contributed by atoms with Crippen molar-refractivity contribution in [3.63, 3.8) is 0 Å². The number of oxime groups is 1. The number of anilines is 1. The number of hydrogen-bond donors (Lipinski definition) is 3. The predicted molar refractivity (Wildman–Crippen MR) is 143 cm³/mol. The number of carbonyl (C=O) groups is 3. The number of aliphatic carboxylic acids is 1. The molecule has 2 aliphatic heterocycles. The number of nitrogen functional groups attached to an aromatic ring is 1. The number of amides is 2. The molecule has 0 radical (unpaired) electrons. The average Bonchev–Trinajstić information content (AvgIpc) is 3.30. The molecule has 202 valence electrons. The SMILES string of the molecule is CON=C(C(=O)N[C@H]1C(=O)N2C(C(=O)O)=C(C[N+](C)(C)[C@H](C)C3CCCCC3)CSC12)c1csc(N)n1. The minimum atomic E-state index is -1.12. The van der Waals surface area contributed by atoms with Gasteiger partial charge in [0.2, 0.25) is 0 Å². The summed E-state index contributed by atoms with van der Waals surface area (Å²) in [6, 6.07) is -0.502. The van der Waals surface area contributed by atoms with Crippen LogP contribution in [0.25, 0.3) is 0 Å². The number of aromatic nitrogens is 1. The largest absolute Gasteiger partial charge is 0.477 e. The first-order valence-electron chi connectivity index (χ1n) is 12.4. The van der Waals surface area contributed by atoms with Gasteiger partial charge in [-0.05, 0) is 19.8 Å². The molecular weight excluding hydrogens is 516 g/mol. The number of thiazole rings is 1. The van der Waals surface area contributed by atoms with Crippen LogP contribution in [0, 0.1) is 5.92 Å². The second kappa shape index (κ2) is 11.0. The second-order valence-corrected chi connectivity index (χ2v) is 12.4. The fourth-order valence-electron chi connectivity index (χ4n) is 5.53. The molecule has 1 aromatic heterocycles. The van der Waals surface area contributed by atoms with Gasteiger partial charge in [0, 0.05) is 22.6 Å². The van der Waals surface area contributed by atoms with Crippen molar-refractivity contribution in [2.45, 2.75) is 56.5 Å². The molecule has 0 bridgehead atoms.